The first kappa shape index (κ1) is 15.9. The number of carbonyl (C=O) groups is 2. The molecule has 0 bridgehead atoms. The first-order chi connectivity index (χ1) is 11.6. The van der Waals surface area contributed by atoms with Crippen LogP contribution in [0.4, 0.5) is 11.6 Å². The maximum atomic E-state index is 12.2. The second kappa shape index (κ2) is 7.08. The van der Waals surface area contributed by atoms with Crippen molar-refractivity contribution in [1.82, 2.24) is 14.9 Å². The van der Waals surface area contributed by atoms with E-state index in [0.29, 0.717) is 37.7 Å². The zero-order chi connectivity index (χ0) is 16.9. The van der Waals surface area contributed by atoms with Gasteiger partial charge in [0.15, 0.2) is 0 Å². The summed E-state index contributed by atoms with van der Waals surface area (Å²) in [5, 5.41) is 2.80. The van der Waals surface area contributed by atoms with Crippen LogP contribution in [0.1, 0.15) is 17.3 Å². The van der Waals surface area contributed by atoms with Gasteiger partial charge in [-0.3, -0.25) is 9.59 Å². The Balaban J connectivity index is 1.61. The van der Waals surface area contributed by atoms with Gasteiger partial charge in [0.05, 0.1) is 5.56 Å². The van der Waals surface area contributed by atoms with Gasteiger partial charge in [0.25, 0.3) is 5.91 Å². The smallest absolute Gasteiger partial charge is 0.258 e. The van der Waals surface area contributed by atoms with Crippen molar-refractivity contribution in [3.8, 4) is 0 Å². The molecular formula is C17H19N5O2. The molecule has 0 atom stereocenters. The van der Waals surface area contributed by atoms with E-state index in [4.69, 9.17) is 0 Å². The summed E-state index contributed by atoms with van der Waals surface area (Å²) in [4.78, 5) is 35.9. The molecule has 7 heteroatoms. The standard InChI is InChI=1S/C17H19N5O2/c1-13(23)21-7-9-22(10-8-21)17-18-11-14(12-19-17)16(24)20-15-5-3-2-4-6-15/h2-6,11-12H,7-10H2,1H3,(H,20,24). The van der Waals surface area contributed by atoms with Gasteiger partial charge in [0.2, 0.25) is 11.9 Å². The fourth-order valence-electron chi connectivity index (χ4n) is 2.55. The fourth-order valence-corrected chi connectivity index (χ4v) is 2.55. The number of rotatable bonds is 3. The van der Waals surface area contributed by atoms with E-state index in [1.54, 1.807) is 11.8 Å². The lowest BCUT2D eigenvalue weighted by molar-refractivity contribution is -0.129. The van der Waals surface area contributed by atoms with Crippen molar-refractivity contribution in [1.29, 1.82) is 0 Å². The first-order valence-corrected chi connectivity index (χ1v) is 7.82. The van der Waals surface area contributed by atoms with E-state index in [2.05, 4.69) is 15.3 Å². The zero-order valence-corrected chi connectivity index (χ0v) is 13.5. The van der Waals surface area contributed by atoms with E-state index in [0.717, 1.165) is 5.69 Å². The molecule has 1 N–H and O–H groups in total. The van der Waals surface area contributed by atoms with Crippen molar-refractivity contribution in [3.63, 3.8) is 0 Å². The zero-order valence-electron chi connectivity index (χ0n) is 13.5. The highest BCUT2D eigenvalue weighted by molar-refractivity contribution is 6.03. The highest BCUT2D eigenvalue weighted by Crippen LogP contribution is 2.12. The molecule has 1 aromatic heterocycles. The molecule has 0 radical (unpaired) electrons. The number of aromatic nitrogens is 2. The average Bonchev–Trinajstić information content (AvgIpc) is 2.63. The second-order valence-corrected chi connectivity index (χ2v) is 5.59. The molecule has 2 amide bonds. The molecule has 7 nitrogen and oxygen atoms in total. The van der Waals surface area contributed by atoms with Gasteiger partial charge in [-0.1, -0.05) is 18.2 Å². The molecule has 1 saturated heterocycles. The Hall–Kier alpha value is -2.96. The van der Waals surface area contributed by atoms with E-state index in [-0.39, 0.29) is 11.8 Å². The Morgan fingerprint density at radius 3 is 2.21 bits per heavy atom. The molecule has 0 unspecified atom stereocenters. The number of benzene rings is 1. The van der Waals surface area contributed by atoms with Crippen LogP contribution in [-0.2, 0) is 4.79 Å². The van der Waals surface area contributed by atoms with Crippen LogP contribution >= 0.6 is 0 Å². The second-order valence-electron chi connectivity index (χ2n) is 5.59. The Morgan fingerprint density at radius 1 is 1.00 bits per heavy atom. The minimum absolute atomic E-state index is 0.0866. The topological polar surface area (TPSA) is 78.4 Å². The molecular weight excluding hydrogens is 306 g/mol. The van der Waals surface area contributed by atoms with Gasteiger partial charge in [0.1, 0.15) is 0 Å². The van der Waals surface area contributed by atoms with Gasteiger partial charge in [-0.15, -0.1) is 0 Å². The van der Waals surface area contributed by atoms with Gasteiger partial charge in [-0.2, -0.15) is 0 Å². The van der Waals surface area contributed by atoms with E-state index >= 15 is 0 Å². The molecule has 1 aromatic carbocycles. The number of carbonyl (C=O) groups excluding carboxylic acids is 2. The Kier molecular flexibility index (Phi) is 4.69. The fraction of sp³-hybridized carbons (Fsp3) is 0.294. The molecule has 1 aliphatic heterocycles. The molecule has 24 heavy (non-hydrogen) atoms. The molecule has 0 saturated carbocycles. The predicted octanol–water partition coefficient (Wildman–Crippen LogP) is 1.40. The van der Waals surface area contributed by atoms with Crippen LogP contribution in [0.25, 0.3) is 0 Å². The maximum absolute atomic E-state index is 12.2. The molecule has 0 spiro atoms. The van der Waals surface area contributed by atoms with Crippen LogP contribution in [0.15, 0.2) is 42.7 Å². The molecule has 1 aliphatic rings. The van der Waals surface area contributed by atoms with Gasteiger partial charge in [-0.25, -0.2) is 9.97 Å². The van der Waals surface area contributed by atoms with E-state index in [9.17, 15) is 9.59 Å². The van der Waals surface area contributed by atoms with Crippen LogP contribution < -0.4 is 10.2 Å². The number of piperazine rings is 1. The summed E-state index contributed by atoms with van der Waals surface area (Å²) in [7, 11) is 0. The van der Waals surface area contributed by atoms with Crippen LogP contribution in [0.5, 0.6) is 0 Å². The van der Waals surface area contributed by atoms with Crippen LogP contribution in [0.3, 0.4) is 0 Å². The lowest BCUT2D eigenvalue weighted by Crippen LogP contribution is -2.48. The quantitative estimate of drug-likeness (QED) is 0.923. The molecule has 1 fully saturated rings. The Bertz CT molecular complexity index is 710. The summed E-state index contributed by atoms with van der Waals surface area (Å²) >= 11 is 0. The number of para-hydroxylation sites is 1. The Labute approximate surface area is 140 Å². The van der Waals surface area contributed by atoms with Gasteiger partial charge in [0, 0.05) is 51.2 Å². The highest BCUT2D eigenvalue weighted by atomic mass is 16.2. The van der Waals surface area contributed by atoms with Gasteiger partial charge < -0.3 is 15.1 Å². The minimum atomic E-state index is -0.242. The summed E-state index contributed by atoms with van der Waals surface area (Å²) in [5.41, 5.74) is 1.14. The lowest BCUT2D eigenvalue weighted by Gasteiger charge is -2.34. The normalized spacial score (nSPS) is 14.4. The molecule has 3 rings (SSSR count). The number of nitrogens with one attached hydrogen (secondary N) is 1. The SMILES string of the molecule is CC(=O)N1CCN(c2ncc(C(=O)Nc3ccccc3)cn2)CC1. The first-order valence-electron chi connectivity index (χ1n) is 7.82. The number of hydrogen-bond acceptors (Lipinski definition) is 5. The van der Waals surface area contributed by atoms with Crippen LogP contribution in [0.2, 0.25) is 0 Å². The third-order valence-electron chi connectivity index (χ3n) is 3.94. The number of nitrogens with zero attached hydrogens (tertiary/aromatic N) is 4. The van der Waals surface area contributed by atoms with Crippen molar-refractivity contribution in [3.05, 3.63) is 48.3 Å². The average molecular weight is 325 g/mol. The van der Waals surface area contributed by atoms with E-state index < -0.39 is 0 Å². The van der Waals surface area contributed by atoms with Gasteiger partial charge in [-0.05, 0) is 12.1 Å². The minimum Gasteiger partial charge on any atom is -0.339 e. The van der Waals surface area contributed by atoms with Crippen molar-refractivity contribution in [2.24, 2.45) is 0 Å². The van der Waals surface area contributed by atoms with E-state index in [1.807, 2.05) is 35.2 Å². The van der Waals surface area contributed by atoms with Crippen LogP contribution in [-0.4, -0.2) is 52.9 Å². The maximum Gasteiger partial charge on any atom is 0.258 e. The largest absolute Gasteiger partial charge is 0.339 e. The van der Waals surface area contributed by atoms with Crippen molar-refractivity contribution in [2.75, 3.05) is 36.4 Å². The summed E-state index contributed by atoms with van der Waals surface area (Å²) in [6, 6.07) is 9.24. The molecule has 124 valence electrons. The third kappa shape index (κ3) is 3.68. The summed E-state index contributed by atoms with van der Waals surface area (Å²) in [5.74, 6) is 0.423. The third-order valence-corrected chi connectivity index (χ3v) is 3.94. The summed E-state index contributed by atoms with van der Waals surface area (Å²) in [6.07, 6.45) is 3.05. The molecule has 2 aromatic rings. The number of anilines is 2. The van der Waals surface area contributed by atoms with Gasteiger partial charge >= 0.3 is 0 Å². The summed E-state index contributed by atoms with van der Waals surface area (Å²) in [6.45, 7) is 4.28. The van der Waals surface area contributed by atoms with Crippen LogP contribution in [0, 0.1) is 0 Å². The van der Waals surface area contributed by atoms with Crippen molar-refractivity contribution in [2.45, 2.75) is 6.92 Å². The lowest BCUT2D eigenvalue weighted by atomic mass is 10.3. The summed E-state index contributed by atoms with van der Waals surface area (Å²) < 4.78 is 0. The van der Waals surface area contributed by atoms with E-state index in [1.165, 1.54) is 12.4 Å². The number of amides is 2. The van der Waals surface area contributed by atoms with Crippen molar-refractivity contribution < 1.29 is 9.59 Å². The monoisotopic (exact) mass is 325 g/mol. The molecule has 2 heterocycles. The molecule has 0 aliphatic carbocycles. The number of hydrogen-bond donors (Lipinski definition) is 1. The van der Waals surface area contributed by atoms with Crippen molar-refractivity contribution >= 4 is 23.5 Å². The Morgan fingerprint density at radius 2 is 1.62 bits per heavy atom. The predicted molar refractivity (Wildman–Crippen MR) is 90.9 cm³/mol. The highest BCUT2D eigenvalue weighted by Gasteiger charge is 2.20.